The first kappa shape index (κ1) is 67.1. The molecule has 0 spiro atoms. The second-order valence-electron chi connectivity index (χ2n) is 24.0. The fourth-order valence-corrected chi connectivity index (χ4v) is 12.6. The van der Waals surface area contributed by atoms with E-state index in [2.05, 4.69) is 74.9 Å². The average molecular weight is 1310 g/mol. The Morgan fingerprint density at radius 3 is 1.17 bits per heavy atom. The molecule has 484 valence electrons. The number of ether oxygens (including phenoxy) is 2. The van der Waals surface area contributed by atoms with Crippen LogP contribution >= 0.6 is 34.8 Å². The van der Waals surface area contributed by atoms with Crippen molar-refractivity contribution in [2.45, 2.75) is 110 Å². The normalized spacial score (nSPS) is 16.8. The molecule has 13 rings (SSSR count). The minimum atomic E-state index is -0.213. The highest BCUT2D eigenvalue weighted by Gasteiger charge is 2.26. The summed E-state index contributed by atoms with van der Waals surface area (Å²) in [4.78, 5) is 42.3. The van der Waals surface area contributed by atoms with Crippen molar-refractivity contribution in [2.24, 2.45) is 0 Å². The molecule has 0 amide bonds. The molecule has 0 aliphatic carbocycles. The quantitative estimate of drug-likeness (QED) is 0.0661. The Balaban J connectivity index is 0.000000137. The molecular formula is C69H82Cl3N15O5. The molecule has 0 aromatic carbocycles. The summed E-state index contributed by atoms with van der Waals surface area (Å²) >= 11 is 17.9. The van der Waals surface area contributed by atoms with Crippen LogP contribution in [0, 0.1) is 27.7 Å². The zero-order valence-electron chi connectivity index (χ0n) is 52.6. The number of nitrogens with zero attached hydrogens (tertiary/aromatic N) is 11. The second-order valence-corrected chi connectivity index (χ2v) is 25.1. The lowest BCUT2D eigenvalue weighted by atomic mass is 9.93. The summed E-state index contributed by atoms with van der Waals surface area (Å²) in [5.74, 6) is 3.18. The summed E-state index contributed by atoms with van der Waals surface area (Å²) in [5.41, 5.74) is 41.1. The van der Waals surface area contributed by atoms with Crippen LogP contribution in [0.3, 0.4) is 0 Å². The Bertz CT molecular complexity index is 3850. The first-order chi connectivity index (χ1) is 44.3. The number of halogens is 3. The highest BCUT2D eigenvalue weighted by Crippen LogP contribution is 2.37. The summed E-state index contributed by atoms with van der Waals surface area (Å²) in [6, 6.07) is 23.6. The second kappa shape index (κ2) is 31.2. The van der Waals surface area contributed by atoms with E-state index in [1.165, 1.54) is 5.57 Å². The smallest absolute Gasteiger partial charge is 0.132 e. The molecule has 11 N–H and O–H groups in total. The summed E-state index contributed by atoms with van der Waals surface area (Å²) in [5, 5.41) is 30.5. The van der Waals surface area contributed by atoms with Gasteiger partial charge < -0.3 is 62.4 Å². The lowest BCUT2D eigenvalue weighted by Gasteiger charge is -2.32. The van der Waals surface area contributed by atoms with Crippen LogP contribution in [-0.4, -0.2) is 139 Å². The maximum absolute atomic E-state index is 9.85. The van der Waals surface area contributed by atoms with Crippen molar-refractivity contribution < 1.29 is 24.8 Å². The van der Waals surface area contributed by atoms with E-state index in [9.17, 15) is 15.3 Å². The zero-order valence-corrected chi connectivity index (χ0v) is 54.8. The van der Waals surface area contributed by atoms with Gasteiger partial charge in [-0.05, 0) is 186 Å². The number of aromatic nitrogens is 8. The largest absolute Gasteiger partial charge is 0.397 e. The van der Waals surface area contributed by atoms with Crippen molar-refractivity contribution in [3.05, 3.63) is 153 Å². The van der Waals surface area contributed by atoms with Gasteiger partial charge in [0.15, 0.2) is 0 Å². The molecule has 4 saturated heterocycles. The third kappa shape index (κ3) is 17.9. The number of hydrogen-bond acceptors (Lipinski definition) is 20. The number of nitrogens with two attached hydrogens (primary N) is 4. The number of rotatable bonds is 9. The number of aryl methyl sites for hydroxylation is 4. The summed E-state index contributed by atoms with van der Waals surface area (Å²) in [6.45, 7) is 15.6. The van der Waals surface area contributed by atoms with Gasteiger partial charge in [-0.25, -0.2) is 19.9 Å². The Kier molecular flexibility index (Phi) is 22.8. The van der Waals surface area contributed by atoms with Gasteiger partial charge in [0.05, 0.1) is 84.8 Å². The van der Waals surface area contributed by atoms with Gasteiger partial charge in [-0.1, -0.05) is 40.9 Å². The third-order valence-electron chi connectivity index (χ3n) is 17.2. The molecule has 92 heavy (non-hydrogen) atoms. The molecular weight excluding hydrogens is 1230 g/mol. The number of anilines is 7. The molecule has 5 aliphatic rings. The number of aliphatic hydroxyl groups is 3. The first-order valence-electron chi connectivity index (χ1n) is 31.4. The molecule has 0 saturated carbocycles. The van der Waals surface area contributed by atoms with E-state index in [-0.39, 0.29) is 18.3 Å². The van der Waals surface area contributed by atoms with Crippen molar-refractivity contribution in [2.75, 3.05) is 103 Å². The lowest BCUT2D eigenvalue weighted by molar-refractivity contribution is 0.0845. The molecule has 0 bridgehead atoms. The van der Waals surface area contributed by atoms with Gasteiger partial charge in [-0.15, -0.1) is 0 Å². The van der Waals surface area contributed by atoms with E-state index in [0.29, 0.717) is 50.7 Å². The summed E-state index contributed by atoms with van der Waals surface area (Å²) in [7, 11) is 0. The maximum atomic E-state index is 9.85. The number of hydrogen-bond donors (Lipinski definition) is 7. The van der Waals surface area contributed by atoms with Crippen LogP contribution in [0.2, 0.25) is 15.5 Å². The topological polar surface area (TPSA) is 296 Å². The zero-order chi connectivity index (χ0) is 65.0. The van der Waals surface area contributed by atoms with Crippen LogP contribution in [-0.2, 0) is 9.47 Å². The summed E-state index contributed by atoms with van der Waals surface area (Å²) in [6.07, 6.45) is 15.7. The van der Waals surface area contributed by atoms with Crippen LogP contribution in [0.5, 0.6) is 0 Å². The maximum Gasteiger partial charge on any atom is 0.132 e. The van der Waals surface area contributed by atoms with E-state index in [4.69, 9.17) is 77.2 Å². The van der Waals surface area contributed by atoms with Crippen LogP contribution in [0.1, 0.15) is 97.9 Å². The predicted octanol–water partition coefficient (Wildman–Crippen LogP) is 11.7. The van der Waals surface area contributed by atoms with Gasteiger partial charge in [0, 0.05) is 109 Å². The van der Waals surface area contributed by atoms with E-state index < -0.39 is 0 Å². The van der Waals surface area contributed by atoms with Crippen molar-refractivity contribution >= 4 is 80.6 Å². The number of piperidine rings is 3. The predicted molar refractivity (Wildman–Crippen MR) is 370 cm³/mol. The first-order valence-corrected chi connectivity index (χ1v) is 32.5. The van der Waals surface area contributed by atoms with Gasteiger partial charge in [-0.3, -0.25) is 19.9 Å². The number of pyridine rings is 8. The highest BCUT2D eigenvalue weighted by atomic mass is 35.5. The van der Waals surface area contributed by atoms with Crippen molar-refractivity contribution in [1.29, 1.82) is 0 Å². The highest BCUT2D eigenvalue weighted by molar-refractivity contribution is 6.33. The SMILES string of the molecule is Cc1ncc(N)cc1-c1cc(C2=CCOCC2)nc(N2CCC(O)CC2)c1.Cc1ncc(N)cc1-c1cc(C2CCOCC2)nc(N2CCC(O)CC2)c1.Cc1ncc(N)cc1-c1cc(Cl)nc(Cl)c1.Cc1ncc(N)cc1-c1cc(Cl)nc(N2CCC(O)CC2)c1. The fourth-order valence-electron chi connectivity index (χ4n) is 11.9. The van der Waals surface area contributed by atoms with Crippen molar-refractivity contribution in [1.82, 2.24) is 39.9 Å². The van der Waals surface area contributed by atoms with Gasteiger partial charge in [0.1, 0.15) is 32.9 Å². The average Bonchev–Trinajstić information content (AvgIpc) is 0.862. The Morgan fingerprint density at radius 2 is 0.772 bits per heavy atom. The Hall–Kier alpha value is -7.79. The minimum absolute atomic E-state index is 0.195. The number of nitrogen functional groups attached to an aromatic ring is 4. The van der Waals surface area contributed by atoms with Crippen molar-refractivity contribution in [3.8, 4) is 44.5 Å². The fraction of sp³-hybridized carbons (Fsp3) is 0.391. The monoisotopic (exact) mass is 1310 g/mol. The Labute approximate surface area is 553 Å². The van der Waals surface area contributed by atoms with Crippen LogP contribution in [0.25, 0.3) is 50.1 Å². The van der Waals surface area contributed by atoms with E-state index in [1.54, 1.807) is 36.9 Å². The summed E-state index contributed by atoms with van der Waals surface area (Å²) < 4.78 is 11.0. The van der Waals surface area contributed by atoms with Crippen LogP contribution in [0.15, 0.2) is 104 Å². The third-order valence-corrected chi connectivity index (χ3v) is 17.7. The van der Waals surface area contributed by atoms with E-state index >= 15 is 0 Å². The molecule has 23 heteroatoms. The van der Waals surface area contributed by atoms with Crippen molar-refractivity contribution in [3.63, 3.8) is 0 Å². The van der Waals surface area contributed by atoms with Gasteiger partial charge in [0.25, 0.3) is 0 Å². The van der Waals surface area contributed by atoms with Gasteiger partial charge in [0.2, 0.25) is 0 Å². The molecule has 0 unspecified atom stereocenters. The van der Waals surface area contributed by atoms with Crippen LogP contribution in [0.4, 0.5) is 40.2 Å². The minimum Gasteiger partial charge on any atom is -0.397 e. The molecule has 8 aromatic heterocycles. The Morgan fingerprint density at radius 1 is 0.413 bits per heavy atom. The van der Waals surface area contributed by atoms with Crippen LogP contribution < -0.4 is 37.6 Å². The lowest BCUT2D eigenvalue weighted by Crippen LogP contribution is -2.36. The molecule has 0 radical (unpaired) electrons. The van der Waals surface area contributed by atoms with Gasteiger partial charge in [-0.2, -0.15) is 0 Å². The standard InChI is InChI=1S/C21H28N4O2.C21H26N4O2.C16H19ClN4O.C11H9Cl2N3/c2*1-14-19(12-17(22)13-23-14)16-10-20(15-4-8-27-9-5-15)24-21(11-16)25-6-2-18(26)3-7-25;1-10-14(8-12(18)9-19-10)11-6-15(17)20-16(7-11)21-4-2-13(22)3-5-21;1-6-9(4-8(14)5-15-6)7-2-10(12)16-11(13)3-7/h10-13,15,18,26H,2-9,22H2,1H3;4,10-13,18,26H,2-3,5-9,22H2,1H3;6-9,13,22H,2-5,18H2,1H3;2-5H,14H2,1H3. The van der Waals surface area contributed by atoms with E-state index in [0.717, 1.165) is 213 Å². The molecule has 13 heterocycles. The molecule has 20 nitrogen and oxygen atoms in total. The van der Waals surface area contributed by atoms with E-state index in [1.807, 2.05) is 64.1 Å². The molecule has 5 aliphatic heterocycles. The van der Waals surface area contributed by atoms with Gasteiger partial charge >= 0.3 is 0 Å². The molecule has 8 aromatic rings. The molecule has 4 fully saturated rings. The number of aliphatic hydroxyl groups excluding tert-OH is 3. The molecule has 0 atom stereocenters.